The molecular formula is C13H18N4OS. The summed E-state index contributed by atoms with van der Waals surface area (Å²) in [6, 6.07) is -0.0763. The molecule has 2 aromatic heterocycles. The molecule has 1 amide bonds. The number of hydrogen-bond donors (Lipinski definition) is 1. The zero-order valence-electron chi connectivity index (χ0n) is 11.5. The molecule has 0 bridgehead atoms. The van der Waals surface area contributed by atoms with Crippen molar-refractivity contribution in [3.8, 4) is 0 Å². The number of aromatic nitrogens is 3. The average Bonchev–Trinajstić information content (AvgIpc) is 2.96. The van der Waals surface area contributed by atoms with Gasteiger partial charge in [-0.3, -0.25) is 9.48 Å². The number of rotatable bonds is 4. The number of carbonyl (C=O) groups is 1. The molecule has 0 saturated carbocycles. The molecule has 0 radical (unpaired) electrons. The van der Waals surface area contributed by atoms with Crippen LogP contribution in [0, 0.1) is 0 Å². The lowest BCUT2D eigenvalue weighted by Gasteiger charge is -2.10. The molecule has 102 valence electrons. The Morgan fingerprint density at radius 1 is 1.42 bits per heavy atom. The molecule has 0 aromatic carbocycles. The van der Waals surface area contributed by atoms with Crippen LogP contribution in [0.1, 0.15) is 53.8 Å². The van der Waals surface area contributed by atoms with E-state index in [1.54, 1.807) is 10.9 Å². The summed E-state index contributed by atoms with van der Waals surface area (Å²) in [4.78, 5) is 16.4. The summed E-state index contributed by atoms with van der Waals surface area (Å²) in [7, 11) is 1.85. The molecule has 0 aliphatic rings. The highest BCUT2D eigenvalue weighted by molar-refractivity contribution is 7.11. The predicted molar refractivity (Wildman–Crippen MR) is 75.3 cm³/mol. The van der Waals surface area contributed by atoms with E-state index in [1.807, 2.05) is 25.5 Å². The second-order valence-corrected chi connectivity index (χ2v) is 5.73. The van der Waals surface area contributed by atoms with Crippen molar-refractivity contribution in [3.63, 3.8) is 0 Å². The minimum absolute atomic E-state index is 0.0763. The van der Waals surface area contributed by atoms with Gasteiger partial charge in [-0.05, 0) is 12.8 Å². The van der Waals surface area contributed by atoms with Gasteiger partial charge in [0.15, 0.2) is 5.01 Å². The van der Waals surface area contributed by atoms with Crippen LogP contribution in [0.4, 0.5) is 0 Å². The van der Waals surface area contributed by atoms with Crippen molar-refractivity contribution in [2.75, 3.05) is 0 Å². The lowest BCUT2D eigenvalue weighted by molar-refractivity contribution is 0.0939. The monoisotopic (exact) mass is 278 g/mol. The number of aryl methyl sites for hydroxylation is 1. The van der Waals surface area contributed by atoms with Gasteiger partial charge in [-0.2, -0.15) is 5.10 Å². The van der Waals surface area contributed by atoms with Gasteiger partial charge >= 0.3 is 0 Å². The van der Waals surface area contributed by atoms with Crippen LogP contribution in [0.15, 0.2) is 17.8 Å². The topological polar surface area (TPSA) is 59.8 Å². The Balaban J connectivity index is 2.04. The van der Waals surface area contributed by atoms with E-state index in [2.05, 4.69) is 29.2 Å². The molecule has 2 heterocycles. The molecule has 1 unspecified atom stereocenters. The molecule has 0 aliphatic carbocycles. The third-order valence-electron chi connectivity index (χ3n) is 2.88. The zero-order valence-corrected chi connectivity index (χ0v) is 12.4. The molecule has 5 nitrogen and oxygen atoms in total. The van der Waals surface area contributed by atoms with Gasteiger partial charge in [0.05, 0.1) is 17.9 Å². The van der Waals surface area contributed by atoms with Gasteiger partial charge in [-0.15, -0.1) is 11.3 Å². The largest absolute Gasteiger partial charge is 0.343 e. The molecule has 0 saturated heterocycles. The first kappa shape index (κ1) is 13.7. The smallest absolute Gasteiger partial charge is 0.280 e. The summed E-state index contributed by atoms with van der Waals surface area (Å²) >= 11 is 1.38. The fourth-order valence-corrected chi connectivity index (χ4v) is 2.54. The number of carbonyl (C=O) groups excluding carboxylic acids is 1. The molecule has 0 fully saturated rings. The molecule has 0 spiro atoms. The summed E-state index contributed by atoms with van der Waals surface area (Å²) in [5, 5.41) is 9.48. The Morgan fingerprint density at radius 2 is 2.16 bits per heavy atom. The Bertz CT molecular complexity index is 573. The highest BCUT2D eigenvalue weighted by Gasteiger charge is 2.16. The van der Waals surface area contributed by atoms with E-state index >= 15 is 0 Å². The van der Waals surface area contributed by atoms with Gasteiger partial charge in [0.25, 0.3) is 5.91 Å². The van der Waals surface area contributed by atoms with Crippen LogP contribution in [0.2, 0.25) is 0 Å². The van der Waals surface area contributed by atoms with Crippen LogP contribution in [-0.2, 0) is 7.05 Å². The molecule has 1 N–H and O–H groups in total. The number of nitrogens with zero attached hydrogens (tertiary/aromatic N) is 3. The van der Waals surface area contributed by atoms with Gasteiger partial charge in [0.1, 0.15) is 0 Å². The summed E-state index contributed by atoms with van der Waals surface area (Å²) in [6.07, 6.45) is 3.65. The Hall–Kier alpha value is -1.69. The summed E-state index contributed by atoms with van der Waals surface area (Å²) in [5.41, 5.74) is 1.95. The van der Waals surface area contributed by atoms with Crippen molar-refractivity contribution in [3.05, 3.63) is 34.0 Å². The van der Waals surface area contributed by atoms with Crippen LogP contribution in [0.3, 0.4) is 0 Å². The lowest BCUT2D eigenvalue weighted by atomic mass is 10.2. The van der Waals surface area contributed by atoms with Gasteiger partial charge < -0.3 is 5.32 Å². The normalized spacial score (nSPS) is 12.7. The van der Waals surface area contributed by atoms with E-state index in [4.69, 9.17) is 0 Å². The molecule has 2 rings (SSSR count). The number of amides is 1. The van der Waals surface area contributed by atoms with Crippen molar-refractivity contribution in [2.24, 2.45) is 7.05 Å². The quantitative estimate of drug-likeness (QED) is 0.934. The highest BCUT2D eigenvalue weighted by atomic mass is 32.1. The lowest BCUT2D eigenvalue weighted by Crippen LogP contribution is -2.26. The Kier molecular flexibility index (Phi) is 3.99. The fraction of sp³-hybridized carbons (Fsp3) is 0.462. The Labute approximate surface area is 116 Å². The standard InChI is InChI=1S/C13H18N4OS/c1-8(2)11-7-19-13(16-11)12(18)15-9(3)10-5-14-17(4)6-10/h5-9H,1-4H3,(H,15,18). The van der Waals surface area contributed by atoms with Crippen molar-refractivity contribution >= 4 is 17.2 Å². The molecule has 19 heavy (non-hydrogen) atoms. The van der Waals surface area contributed by atoms with Crippen molar-refractivity contribution in [1.29, 1.82) is 0 Å². The second kappa shape index (κ2) is 5.52. The molecule has 2 aromatic rings. The van der Waals surface area contributed by atoms with Crippen molar-refractivity contribution < 1.29 is 4.79 Å². The van der Waals surface area contributed by atoms with Crippen LogP contribution in [-0.4, -0.2) is 20.7 Å². The highest BCUT2D eigenvalue weighted by Crippen LogP contribution is 2.18. The maximum atomic E-state index is 12.1. The summed E-state index contributed by atoms with van der Waals surface area (Å²) in [6.45, 7) is 6.07. The van der Waals surface area contributed by atoms with Crippen LogP contribution < -0.4 is 5.32 Å². The molecule has 1 atom stereocenters. The van der Waals surface area contributed by atoms with E-state index in [0.717, 1.165) is 11.3 Å². The average molecular weight is 278 g/mol. The molecule has 0 aliphatic heterocycles. The SMILES string of the molecule is CC(C)c1csc(C(=O)NC(C)c2cnn(C)c2)n1. The fourth-order valence-electron chi connectivity index (χ4n) is 1.66. The molecule has 6 heteroatoms. The first-order valence-electron chi connectivity index (χ1n) is 6.22. The zero-order chi connectivity index (χ0) is 14.0. The summed E-state index contributed by atoms with van der Waals surface area (Å²) < 4.78 is 1.72. The van der Waals surface area contributed by atoms with Crippen molar-refractivity contribution in [1.82, 2.24) is 20.1 Å². The Morgan fingerprint density at radius 3 is 2.68 bits per heavy atom. The third kappa shape index (κ3) is 3.20. The minimum atomic E-state index is -0.131. The van der Waals surface area contributed by atoms with E-state index in [-0.39, 0.29) is 11.9 Å². The van der Waals surface area contributed by atoms with Crippen LogP contribution in [0.25, 0.3) is 0 Å². The predicted octanol–water partition coefficient (Wildman–Crippen LogP) is 2.49. The maximum Gasteiger partial charge on any atom is 0.280 e. The second-order valence-electron chi connectivity index (χ2n) is 4.87. The van der Waals surface area contributed by atoms with Crippen molar-refractivity contribution in [2.45, 2.75) is 32.7 Å². The van der Waals surface area contributed by atoms with Gasteiger partial charge in [0, 0.05) is 24.2 Å². The van der Waals surface area contributed by atoms with E-state index < -0.39 is 0 Å². The first-order chi connectivity index (χ1) is 8.97. The molecular weight excluding hydrogens is 260 g/mol. The number of nitrogens with one attached hydrogen (secondary N) is 1. The van der Waals surface area contributed by atoms with Gasteiger partial charge in [-0.1, -0.05) is 13.8 Å². The first-order valence-corrected chi connectivity index (χ1v) is 7.10. The van der Waals surface area contributed by atoms with E-state index in [1.165, 1.54) is 11.3 Å². The third-order valence-corrected chi connectivity index (χ3v) is 3.74. The van der Waals surface area contributed by atoms with Crippen LogP contribution in [0.5, 0.6) is 0 Å². The minimum Gasteiger partial charge on any atom is -0.343 e. The number of hydrogen-bond acceptors (Lipinski definition) is 4. The van der Waals surface area contributed by atoms with Gasteiger partial charge in [-0.25, -0.2) is 4.98 Å². The van der Waals surface area contributed by atoms with E-state index in [0.29, 0.717) is 10.9 Å². The number of thiazole rings is 1. The maximum absolute atomic E-state index is 12.1. The van der Waals surface area contributed by atoms with E-state index in [9.17, 15) is 4.79 Å². The summed E-state index contributed by atoms with van der Waals surface area (Å²) in [5.74, 6) is 0.210. The van der Waals surface area contributed by atoms with Gasteiger partial charge in [0.2, 0.25) is 0 Å². The van der Waals surface area contributed by atoms with Crippen LogP contribution >= 0.6 is 11.3 Å².